The first-order valence-corrected chi connectivity index (χ1v) is 7.50. The molecule has 110 valence electrons. The number of carbonyl (C=O) groups excluding carboxylic acids is 3. The molecule has 6 heteroatoms. The molecule has 1 fully saturated rings. The highest BCUT2D eigenvalue weighted by atomic mass is 32.2. The van der Waals surface area contributed by atoms with Crippen molar-refractivity contribution in [1.29, 1.82) is 0 Å². The Morgan fingerprint density at radius 3 is 2.67 bits per heavy atom. The average Bonchev–Trinajstić information content (AvgIpc) is 2.75. The van der Waals surface area contributed by atoms with Crippen molar-refractivity contribution in [1.82, 2.24) is 10.2 Å². The van der Waals surface area contributed by atoms with Gasteiger partial charge in [-0.2, -0.15) is 0 Å². The Morgan fingerprint density at radius 1 is 1.29 bits per heavy atom. The smallest absolute Gasteiger partial charge is 0.293 e. The maximum absolute atomic E-state index is 12.2. The molecule has 1 heterocycles. The molecule has 0 spiro atoms. The van der Waals surface area contributed by atoms with Crippen molar-refractivity contribution in [3.05, 3.63) is 40.8 Å². The number of hydrogen-bond acceptors (Lipinski definition) is 4. The maximum atomic E-state index is 12.2. The zero-order valence-electron chi connectivity index (χ0n) is 11.7. The summed E-state index contributed by atoms with van der Waals surface area (Å²) >= 11 is 0.927. The lowest BCUT2D eigenvalue weighted by Gasteiger charge is -2.12. The summed E-state index contributed by atoms with van der Waals surface area (Å²) in [5, 5.41) is 2.35. The average molecular weight is 304 g/mol. The van der Waals surface area contributed by atoms with Gasteiger partial charge in [-0.1, -0.05) is 37.3 Å². The Hall–Kier alpha value is -2.08. The van der Waals surface area contributed by atoms with Gasteiger partial charge >= 0.3 is 0 Å². The van der Waals surface area contributed by atoms with E-state index in [0.29, 0.717) is 11.3 Å². The predicted octanol–water partition coefficient (Wildman–Crippen LogP) is 2.25. The molecule has 0 saturated carbocycles. The Morgan fingerprint density at radius 2 is 2.00 bits per heavy atom. The number of thioether (sulfide) groups is 1. The molecule has 1 saturated heterocycles. The Balaban J connectivity index is 2.00. The van der Waals surface area contributed by atoms with Gasteiger partial charge in [-0.25, -0.2) is 0 Å². The van der Waals surface area contributed by atoms with Crippen molar-refractivity contribution in [3.63, 3.8) is 0 Å². The van der Waals surface area contributed by atoms with E-state index in [4.69, 9.17) is 0 Å². The molecule has 1 aliphatic heterocycles. The summed E-state index contributed by atoms with van der Waals surface area (Å²) < 4.78 is 0. The highest BCUT2D eigenvalue weighted by Crippen LogP contribution is 2.31. The largest absolute Gasteiger partial charge is 0.354 e. The molecular weight excluding hydrogens is 288 g/mol. The molecule has 5 nitrogen and oxygen atoms in total. The van der Waals surface area contributed by atoms with Crippen LogP contribution >= 0.6 is 11.8 Å². The van der Waals surface area contributed by atoms with Crippen LogP contribution in [0.5, 0.6) is 0 Å². The summed E-state index contributed by atoms with van der Waals surface area (Å²) in [7, 11) is 0. The lowest BCUT2D eigenvalue weighted by Crippen LogP contribution is -2.37. The molecule has 0 atom stereocenters. The van der Waals surface area contributed by atoms with Gasteiger partial charge in [-0.05, 0) is 23.4 Å². The van der Waals surface area contributed by atoms with Crippen LogP contribution in [0.3, 0.4) is 0 Å². The summed E-state index contributed by atoms with van der Waals surface area (Å²) in [5.41, 5.74) is 0.877. The van der Waals surface area contributed by atoms with Gasteiger partial charge in [-0.3, -0.25) is 19.3 Å². The fourth-order valence-electron chi connectivity index (χ4n) is 1.83. The predicted molar refractivity (Wildman–Crippen MR) is 82.4 cm³/mol. The van der Waals surface area contributed by atoms with E-state index in [9.17, 15) is 14.4 Å². The van der Waals surface area contributed by atoms with Crippen LogP contribution in [-0.2, 0) is 9.59 Å². The molecule has 3 amide bonds. The Kier molecular flexibility index (Phi) is 5.16. The van der Waals surface area contributed by atoms with E-state index in [-0.39, 0.29) is 30.1 Å². The third-order valence-corrected chi connectivity index (χ3v) is 3.86. The van der Waals surface area contributed by atoms with Gasteiger partial charge in [0.1, 0.15) is 0 Å². The highest BCUT2D eigenvalue weighted by molar-refractivity contribution is 8.18. The topological polar surface area (TPSA) is 66.5 Å². The van der Waals surface area contributed by atoms with Crippen molar-refractivity contribution in [2.24, 2.45) is 0 Å². The fourth-order valence-corrected chi connectivity index (χ4v) is 2.69. The van der Waals surface area contributed by atoms with Crippen molar-refractivity contribution >= 4 is 34.9 Å². The standard InChI is InChI=1S/C15H16N2O3S/c1-2-13(18)16-8-9-17-14(19)12(21-15(17)20)10-11-6-4-3-5-7-11/h3-7,10H,2,8-9H2,1H3,(H,16,18). The molecular formula is C15H16N2O3S. The molecule has 0 aromatic heterocycles. The SMILES string of the molecule is CCC(=O)NCCN1C(=O)SC(=Cc2ccccc2)C1=O. The summed E-state index contributed by atoms with van der Waals surface area (Å²) in [6.45, 7) is 2.23. The quantitative estimate of drug-likeness (QED) is 0.847. The number of amides is 3. The number of hydrogen-bond donors (Lipinski definition) is 1. The Bertz CT molecular complexity index is 584. The number of carbonyl (C=O) groups is 3. The molecule has 1 aromatic rings. The van der Waals surface area contributed by atoms with E-state index < -0.39 is 0 Å². The van der Waals surface area contributed by atoms with Gasteiger partial charge < -0.3 is 5.32 Å². The number of benzene rings is 1. The molecule has 1 N–H and O–H groups in total. The summed E-state index contributed by atoms with van der Waals surface area (Å²) in [6, 6.07) is 9.37. The van der Waals surface area contributed by atoms with Crippen LogP contribution in [0, 0.1) is 0 Å². The molecule has 2 rings (SSSR count). The van der Waals surface area contributed by atoms with Crippen LogP contribution in [0.25, 0.3) is 6.08 Å². The van der Waals surface area contributed by atoms with E-state index in [1.807, 2.05) is 30.3 Å². The summed E-state index contributed by atoms with van der Waals surface area (Å²) in [6.07, 6.45) is 2.09. The lowest BCUT2D eigenvalue weighted by atomic mass is 10.2. The first kappa shape index (κ1) is 15.3. The molecule has 0 unspecified atom stereocenters. The zero-order valence-corrected chi connectivity index (χ0v) is 12.5. The number of nitrogens with zero attached hydrogens (tertiary/aromatic N) is 1. The van der Waals surface area contributed by atoms with Crippen LogP contribution < -0.4 is 5.32 Å². The minimum Gasteiger partial charge on any atom is -0.354 e. The summed E-state index contributed by atoms with van der Waals surface area (Å²) in [5.74, 6) is -0.401. The third-order valence-electron chi connectivity index (χ3n) is 2.95. The second-order valence-electron chi connectivity index (χ2n) is 4.45. The second-order valence-corrected chi connectivity index (χ2v) is 5.44. The first-order valence-electron chi connectivity index (χ1n) is 6.69. The maximum Gasteiger partial charge on any atom is 0.293 e. The van der Waals surface area contributed by atoms with Crippen molar-refractivity contribution in [3.8, 4) is 0 Å². The summed E-state index contributed by atoms with van der Waals surface area (Å²) in [4.78, 5) is 36.7. The normalized spacial score (nSPS) is 16.6. The number of nitrogens with one attached hydrogen (secondary N) is 1. The fraction of sp³-hybridized carbons (Fsp3) is 0.267. The third kappa shape index (κ3) is 3.95. The van der Waals surface area contributed by atoms with Crippen molar-refractivity contribution in [2.75, 3.05) is 13.1 Å². The van der Waals surface area contributed by atoms with E-state index in [1.54, 1.807) is 13.0 Å². The van der Waals surface area contributed by atoms with E-state index in [1.165, 1.54) is 0 Å². The van der Waals surface area contributed by atoms with Gasteiger partial charge in [0.05, 0.1) is 4.91 Å². The molecule has 0 radical (unpaired) electrons. The monoisotopic (exact) mass is 304 g/mol. The van der Waals surface area contributed by atoms with Crippen LogP contribution in [0.2, 0.25) is 0 Å². The first-order chi connectivity index (χ1) is 10.1. The highest BCUT2D eigenvalue weighted by Gasteiger charge is 2.34. The van der Waals surface area contributed by atoms with Crippen LogP contribution in [0.15, 0.2) is 35.2 Å². The minimum atomic E-state index is -0.306. The minimum absolute atomic E-state index is 0.0956. The van der Waals surface area contributed by atoms with E-state index in [2.05, 4.69) is 5.32 Å². The van der Waals surface area contributed by atoms with Gasteiger partial charge in [0.15, 0.2) is 0 Å². The number of imide groups is 1. The van der Waals surface area contributed by atoms with Gasteiger partial charge in [0, 0.05) is 19.5 Å². The Labute approximate surface area is 127 Å². The van der Waals surface area contributed by atoms with Gasteiger partial charge in [0.25, 0.3) is 11.1 Å². The van der Waals surface area contributed by atoms with E-state index >= 15 is 0 Å². The van der Waals surface area contributed by atoms with Gasteiger partial charge in [0.2, 0.25) is 5.91 Å². The van der Waals surface area contributed by atoms with Gasteiger partial charge in [-0.15, -0.1) is 0 Å². The van der Waals surface area contributed by atoms with Crippen LogP contribution in [0.4, 0.5) is 4.79 Å². The molecule has 1 aliphatic rings. The zero-order chi connectivity index (χ0) is 15.2. The number of rotatable bonds is 5. The molecule has 1 aromatic carbocycles. The van der Waals surface area contributed by atoms with E-state index in [0.717, 1.165) is 22.2 Å². The van der Waals surface area contributed by atoms with Crippen molar-refractivity contribution < 1.29 is 14.4 Å². The lowest BCUT2D eigenvalue weighted by molar-refractivity contribution is -0.124. The van der Waals surface area contributed by atoms with Crippen LogP contribution in [-0.4, -0.2) is 35.0 Å². The molecule has 0 aliphatic carbocycles. The second kappa shape index (κ2) is 7.08. The molecule has 21 heavy (non-hydrogen) atoms. The van der Waals surface area contributed by atoms with Crippen LogP contribution in [0.1, 0.15) is 18.9 Å². The van der Waals surface area contributed by atoms with Crippen molar-refractivity contribution in [2.45, 2.75) is 13.3 Å². The molecule has 0 bridgehead atoms.